The summed E-state index contributed by atoms with van der Waals surface area (Å²) in [4.78, 5) is 69.8. The van der Waals surface area contributed by atoms with Crippen molar-refractivity contribution in [2.24, 2.45) is 17.3 Å². The third kappa shape index (κ3) is 10.9. The van der Waals surface area contributed by atoms with Gasteiger partial charge in [-0.1, -0.05) is 58.8 Å². The van der Waals surface area contributed by atoms with Gasteiger partial charge in [0.15, 0.2) is 0 Å². The number of terminal acetylenes is 1. The second kappa shape index (κ2) is 17.7. The monoisotopic (exact) mass is 705 g/mol. The van der Waals surface area contributed by atoms with E-state index in [1.807, 2.05) is 27.7 Å². The maximum Gasteiger partial charge on any atom is 0.315 e. The lowest BCUT2D eigenvalue weighted by Crippen LogP contribution is -2.63. The number of Topliss-reactive ketones (excluding diaryl/α,β-unsaturated/α-hetero) is 1. The van der Waals surface area contributed by atoms with Crippen molar-refractivity contribution in [2.45, 2.75) is 141 Å². The summed E-state index contributed by atoms with van der Waals surface area (Å²) in [6.45, 7) is 7.96. The molecule has 0 aromatic rings. The van der Waals surface area contributed by atoms with Crippen LogP contribution in [-0.2, 0) is 29.0 Å². The molecule has 3 rings (SSSR count). The fourth-order valence-electron chi connectivity index (χ4n) is 8.01. The SMILES string of the molecule is C#CC(C)(C)[C@H]1CCN(C(=O)[C@@H](NC(=O)NC2(CS(C)(=O)=O)CCCCC2)C2CCCCC2)[C@@H]1C(=O)NC(CCC)C(=O)C(=O)NCCC. The summed E-state index contributed by atoms with van der Waals surface area (Å²) in [5, 5.41) is 11.3. The number of carbonyl (C=O) groups is 5. The summed E-state index contributed by atoms with van der Waals surface area (Å²) in [5.41, 5.74) is -1.71. The molecule has 2 aliphatic carbocycles. The first-order valence-corrected chi connectivity index (χ1v) is 20.3. The van der Waals surface area contributed by atoms with E-state index in [0.717, 1.165) is 51.4 Å². The van der Waals surface area contributed by atoms with E-state index in [1.165, 1.54) is 11.2 Å². The van der Waals surface area contributed by atoms with Gasteiger partial charge in [-0.25, -0.2) is 13.2 Å². The van der Waals surface area contributed by atoms with Crippen LogP contribution in [0.1, 0.15) is 118 Å². The highest BCUT2D eigenvalue weighted by Crippen LogP contribution is 2.40. The summed E-state index contributed by atoms with van der Waals surface area (Å²) in [6, 6.07) is -3.65. The standard InChI is InChI=1S/C36H59N5O7S/c1-7-16-27(30(42)32(44)37-22-8-2)38-31(43)29-26(35(4,5)9-3)19-23-41(29)33(45)28(25-17-12-10-13-18-25)39-34(46)40-36(24-49(6,47)48)20-14-11-15-21-36/h3,25-29H,7-8,10-24H2,1-2,4-6H3,(H,37,44)(H,38,43)(H2,39,40,46)/t26-,27?,28-,29-/m0/s1. The van der Waals surface area contributed by atoms with Crippen LogP contribution in [0.4, 0.5) is 4.79 Å². The van der Waals surface area contributed by atoms with Gasteiger partial charge in [0.2, 0.25) is 17.6 Å². The molecule has 0 spiro atoms. The van der Waals surface area contributed by atoms with Gasteiger partial charge in [-0.15, -0.1) is 12.3 Å². The minimum Gasteiger partial charge on any atom is -0.349 e. The zero-order chi connectivity index (χ0) is 36.4. The zero-order valence-electron chi connectivity index (χ0n) is 30.2. The Morgan fingerprint density at radius 3 is 2.14 bits per heavy atom. The molecule has 0 radical (unpaired) electrons. The molecule has 276 valence electrons. The van der Waals surface area contributed by atoms with Crippen LogP contribution in [-0.4, -0.2) is 91.6 Å². The predicted octanol–water partition coefficient (Wildman–Crippen LogP) is 3.24. The number of hydrogen-bond donors (Lipinski definition) is 4. The molecule has 5 amide bonds. The second-order valence-corrected chi connectivity index (χ2v) is 17.2. The van der Waals surface area contributed by atoms with Crippen molar-refractivity contribution < 1.29 is 32.4 Å². The number of likely N-dealkylation sites (tertiary alicyclic amines) is 1. The minimum atomic E-state index is -3.40. The quantitative estimate of drug-likeness (QED) is 0.150. The predicted molar refractivity (Wildman–Crippen MR) is 189 cm³/mol. The van der Waals surface area contributed by atoms with Gasteiger partial charge in [0.05, 0.1) is 17.3 Å². The molecule has 1 heterocycles. The highest BCUT2D eigenvalue weighted by Gasteiger charge is 2.51. The Morgan fingerprint density at radius 2 is 1.57 bits per heavy atom. The lowest BCUT2D eigenvalue weighted by molar-refractivity contribution is -0.144. The van der Waals surface area contributed by atoms with Crippen LogP contribution in [0.2, 0.25) is 0 Å². The number of rotatable bonds is 15. The van der Waals surface area contributed by atoms with Crippen LogP contribution in [0.3, 0.4) is 0 Å². The van der Waals surface area contributed by atoms with E-state index in [9.17, 15) is 32.4 Å². The number of hydrogen-bond acceptors (Lipinski definition) is 7. The van der Waals surface area contributed by atoms with Crippen molar-refractivity contribution in [3.8, 4) is 12.3 Å². The summed E-state index contributed by atoms with van der Waals surface area (Å²) in [7, 11) is -3.40. The first kappa shape index (κ1) is 40.3. The maximum atomic E-state index is 14.7. The Bertz CT molecular complexity index is 1350. The maximum absolute atomic E-state index is 14.7. The molecule has 1 saturated heterocycles. The molecule has 0 aromatic heterocycles. The van der Waals surface area contributed by atoms with Crippen molar-refractivity contribution in [3.63, 3.8) is 0 Å². The van der Waals surface area contributed by atoms with Crippen LogP contribution in [0.15, 0.2) is 0 Å². The fourth-order valence-corrected chi connectivity index (χ4v) is 9.37. The number of nitrogens with one attached hydrogen (secondary N) is 4. The molecule has 4 N–H and O–H groups in total. The molecule has 1 aliphatic heterocycles. The number of carbonyl (C=O) groups excluding carboxylic acids is 5. The first-order valence-electron chi connectivity index (χ1n) is 18.2. The van der Waals surface area contributed by atoms with Crippen molar-refractivity contribution >= 4 is 39.4 Å². The number of nitrogens with zero attached hydrogens (tertiary/aromatic N) is 1. The Labute approximate surface area is 293 Å². The van der Waals surface area contributed by atoms with Crippen molar-refractivity contribution in [1.29, 1.82) is 0 Å². The van der Waals surface area contributed by atoms with Crippen LogP contribution in [0.5, 0.6) is 0 Å². The molecule has 0 aromatic carbocycles. The van der Waals surface area contributed by atoms with Crippen LogP contribution < -0.4 is 21.3 Å². The second-order valence-electron chi connectivity index (χ2n) is 15.1. The van der Waals surface area contributed by atoms with Crippen LogP contribution in [0, 0.1) is 29.6 Å². The Hall–Kier alpha value is -3.14. The average Bonchev–Trinajstić information content (AvgIpc) is 3.52. The molecular formula is C36H59N5O7S. The van der Waals surface area contributed by atoms with E-state index in [0.29, 0.717) is 38.6 Å². The largest absolute Gasteiger partial charge is 0.349 e. The summed E-state index contributed by atoms with van der Waals surface area (Å²) < 4.78 is 24.8. The number of sulfone groups is 1. The zero-order valence-corrected chi connectivity index (χ0v) is 31.0. The molecule has 3 aliphatic rings. The molecule has 13 heteroatoms. The molecule has 1 unspecified atom stereocenters. The summed E-state index contributed by atoms with van der Waals surface area (Å²) >= 11 is 0. The van der Waals surface area contributed by atoms with E-state index >= 15 is 0 Å². The van der Waals surface area contributed by atoms with Gasteiger partial charge in [-0.3, -0.25) is 19.2 Å². The van der Waals surface area contributed by atoms with Gasteiger partial charge in [0.25, 0.3) is 5.91 Å². The lowest BCUT2D eigenvalue weighted by Gasteiger charge is -2.40. The molecule has 49 heavy (non-hydrogen) atoms. The topological polar surface area (TPSA) is 171 Å². The van der Waals surface area contributed by atoms with E-state index in [-0.39, 0.29) is 24.6 Å². The normalized spacial score (nSPS) is 22.7. The van der Waals surface area contributed by atoms with Crippen molar-refractivity contribution in [3.05, 3.63) is 0 Å². The van der Waals surface area contributed by atoms with Gasteiger partial charge < -0.3 is 26.2 Å². The summed E-state index contributed by atoms with van der Waals surface area (Å²) in [5.74, 6) is -0.490. The van der Waals surface area contributed by atoms with E-state index in [2.05, 4.69) is 27.2 Å². The Balaban J connectivity index is 1.93. The number of ketones is 1. The third-order valence-electron chi connectivity index (χ3n) is 10.6. The average molecular weight is 706 g/mol. The first-order chi connectivity index (χ1) is 23.1. The number of amides is 5. The molecule has 3 fully saturated rings. The third-order valence-corrected chi connectivity index (χ3v) is 11.7. The van der Waals surface area contributed by atoms with Gasteiger partial charge in [0, 0.05) is 30.7 Å². The molecule has 2 saturated carbocycles. The Morgan fingerprint density at radius 1 is 0.939 bits per heavy atom. The highest BCUT2D eigenvalue weighted by atomic mass is 32.2. The van der Waals surface area contributed by atoms with Gasteiger partial charge in [-0.2, -0.15) is 0 Å². The smallest absolute Gasteiger partial charge is 0.315 e. The highest BCUT2D eigenvalue weighted by molar-refractivity contribution is 7.90. The lowest BCUT2D eigenvalue weighted by atomic mass is 9.75. The van der Waals surface area contributed by atoms with E-state index < -0.39 is 74.4 Å². The van der Waals surface area contributed by atoms with E-state index in [4.69, 9.17) is 6.42 Å². The minimum absolute atomic E-state index is 0.177. The molecular weight excluding hydrogens is 646 g/mol. The Kier molecular flexibility index (Phi) is 14.5. The van der Waals surface area contributed by atoms with E-state index in [1.54, 1.807) is 0 Å². The van der Waals surface area contributed by atoms with Crippen molar-refractivity contribution in [1.82, 2.24) is 26.2 Å². The van der Waals surface area contributed by atoms with Gasteiger partial charge in [0.1, 0.15) is 21.9 Å². The molecule has 0 bridgehead atoms. The van der Waals surface area contributed by atoms with Crippen LogP contribution in [0.25, 0.3) is 0 Å². The van der Waals surface area contributed by atoms with Gasteiger partial charge in [-0.05, 0) is 64.7 Å². The number of urea groups is 1. The van der Waals surface area contributed by atoms with Gasteiger partial charge >= 0.3 is 6.03 Å². The van der Waals surface area contributed by atoms with Crippen molar-refractivity contribution in [2.75, 3.05) is 25.1 Å². The molecule has 12 nitrogen and oxygen atoms in total. The summed E-state index contributed by atoms with van der Waals surface area (Å²) in [6.07, 6.45) is 16.8. The van der Waals surface area contributed by atoms with Crippen LogP contribution >= 0.6 is 0 Å². The fraction of sp³-hybridized carbons (Fsp3) is 0.806. The molecule has 4 atom stereocenters.